The van der Waals surface area contributed by atoms with Gasteiger partial charge in [0, 0.05) is 31.6 Å². The number of aromatic nitrogens is 2. The Morgan fingerprint density at radius 3 is 3.00 bits per heavy atom. The molecule has 0 spiro atoms. The van der Waals surface area contributed by atoms with Crippen molar-refractivity contribution in [3.05, 3.63) is 54.1 Å². The quantitative estimate of drug-likeness (QED) is 0.834. The fourth-order valence-electron chi connectivity index (χ4n) is 2.78. The fourth-order valence-corrected chi connectivity index (χ4v) is 2.78. The molecule has 2 heterocycles. The predicted octanol–water partition coefficient (Wildman–Crippen LogP) is 2.67. The van der Waals surface area contributed by atoms with E-state index in [9.17, 15) is 8.78 Å². The van der Waals surface area contributed by atoms with Crippen LogP contribution in [0, 0.1) is 11.6 Å². The first-order valence-corrected chi connectivity index (χ1v) is 7.50. The van der Waals surface area contributed by atoms with Crippen LogP contribution in [-0.4, -0.2) is 28.7 Å². The Morgan fingerprint density at radius 1 is 1.32 bits per heavy atom. The third kappa shape index (κ3) is 3.51. The molecule has 118 valence electrons. The molecule has 1 aliphatic heterocycles. The zero-order valence-corrected chi connectivity index (χ0v) is 12.2. The maximum Gasteiger partial charge on any atom is 0.159 e. The van der Waals surface area contributed by atoms with Gasteiger partial charge in [0.15, 0.2) is 11.6 Å². The van der Waals surface area contributed by atoms with Crippen molar-refractivity contribution in [1.29, 1.82) is 0 Å². The molecule has 2 atom stereocenters. The van der Waals surface area contributed by atoms with Crippen molar-refractivity contribution in [2.75, 3.05) is 13.2 Å². The van der Waals surface area contributed by atoms with Crippen molar-refractivity contribution in [3.8, 4) is 0 Å². The summed E-state index contributed by atoms with van der Waals surface area (Å²) < 4.78 is 34.1. The molecule has 0 radical (unpaired) electrons. The van der Waals surface area contributed by atoms with Crippen molar-refractivity contribution in [1.82, 2.24) is 14.9 Å². The van der Waals surface area contributed by atoms with E-state index in [1.165, 1.54) is 6.07 Å². The maximum absolute atomic E-state index is 13.4. The number of aryl methyl sites for hydroxylation is 1. The van der Waals surface area contributed by atoms with E-state index in [2.05, 4.69) is 10.3 Å². The van der Waals surface area contributed by atoms with E-state index in [0.717, 1.165) is 32.0 Å². The van der Waals surface area contributed by atoms with Crippen LogP contribution in [0.15, 0.2) is 36.9 Å². The smallest absolute Gasteiger partial charge is 0.159 e. The lowest BCUT2D eigenvalue weighted by atomic mass is 10.0. The topological polar surface area (TPSA) is 39.1 Å². The van der Waals surface area contributed by atoms with Crippen LogP contribution in [0.5, 0.6) is 0 Å². The summed E-state index contributed by atoms with van der Waals surface area (Å²) in [4.78, 5) is 4.00. The summed E-state index contributed by atoms with van der Waals surface area (Å²) in [6.07, 6.45) is 7.11. The molecule has 22 heavy (non-hydrogen) atoms. The van der Waals surface area contributed by atoms with Gasteiger partial charge >= 0.3 is 0 Å². The molecule has 2 unspecified atom stereocenters. The molecule has 1 aromatic carbocycles. The van der Waals surface area contributed by atoms with Crippen molar-refractivity contribution >= 4 is 0 Å². The molecule has 1 saturated heterocycles. The molecule has 2 aromatic rings. The molecule has 3 rings (SSSR count). The Balaban J connectivity index is 1.53. The van der Waals surface area contributed by atoms with Gasteiger partial charge < -0.3 is 14.6 Å². The average Bonchev–Trinajstić information content (AvgIpc) is 3.18. The number of nitrogens with zero attached hydrogens (tertiary/aromatic N) is 2. The lowest BCUT2D eigenvalue weighted by molar-refractivity contribution is 0.0983. The number of hydrogen-bond donors (Lipinski definition) is 1. The number of ether oxygens (including phenoxy) is 1. The number of hydrogen-bond acceptors (Lipinski definition) is 3. The molecule has 0 saturated carbocycles. The van der Waals surface area contributed by atoms with Crippen molar-refractivity contribution < 1.29 is 13.5 Å². The van der Waals surface area contributed by atoms with Gasteiger partial charge in [0.2, 0.25) is 0 Å². The standard InChI is InChI=1S/C16H19F2N3O/c17-13-3-2-12(10-14(13)18)16-15(4-9-22-16)20-5-1-7-21-8-6-19-11-21/h2-3,6,8,10-11,15-16,20H,1,4-5,7,9H2. The van der Waals surface area contributed by atoms with Crippen molar-refractivity contribution in [2.45, 2.75) is 31.5 Å². The Hall–Kier alpha value is -1.79. The van der Waals surface area contributed by atoms with Crippen LogP contribution in [0.4, 0.5) is 8.78 Å². The van der Waals surface area contributed by atoms with Crippen LogP contribution in [0.3, 0.4) is 0 Å². The summed E-state index contributed by atoms with van der Waals surface area (Å²) in [5, 5.41) is 3.45. The number of rotatable bonds is 6. The van der Waals surface area contributed by atoms with E-state index in [1.54, 1.807) is 18.6 Å². The van der Waals surface area contributed by atoms with Crippen molar-refractivity contribution in [3.63, 3.8) is 0 Å². The van der Waals surface area contributed by atoms with E-state index in [0.29, 0.717) is 12.2 Å². The van der Waals surface area contributed by atoms with Crippen LogP contribution in [0.1, 0.15) is 24.5 Å². The third-order valence-electron chi connectivity index (χ3n) is 3.92. The van der Waals surface area contributed by atoms with E-state index in [4.69, 9.17) is 4.74 Å². The van der Waals surface area contributed by atoms with Gasteiger partial charge in [-0.15, -0.1) is 0 Å². The van der Waals surface area contributed by atoms with Crippen molar-refractivity contribution in [2.24, 2.45) is 0 Å². The second kappa shape index (κ2) is 6.98. The molecule has 0 bridgehead atoms. The highest BCUT2D eigenvalue weighted by atomic mass is 19.2. The minimum Gasteiger partial charge on any atom is -0.372 e. The largest absolute Gasteiger partial charge is 0.372 e. The first kappa shape index (κ1) is 15.1. The molecular formula is C16H19F2N3O. The molecule has 1 N–H and O–H groups in total. The molecule has 6 heteroatoms. The summed E-state index contributed by atoms with van der Waals surface area (Å²) in [6, 6.07) is 4.11. The van der Waals surface area contributed by atoms with Gasteiger partial charge in [0.05, 0.1) is 12.4 Å². The van der Waals surface area contributed by atoms with Crippen LogP contribution < -0.4 is 5.32 Å². The Morgan fingerprint density at radius 2 is 2.23 bits per heavy atom. The number of halogens is 2. The van der Waals surface area contributed by atoms with Crippen LogP contribution in [0.25, 0.3) is 0 Å². The Kier molecular flexibility index (Phi) is 4.80. The molecular weight excluding hydrogens is 288 g/mol. The second-order valence-electron chi connectivity index (χ2n) is 5.47. The molecule has 1 aromatic heterocycles. The van der Waals surface area contributed by atoms with Crippen LogP contribution in [0.2, 0.25) is 0 Å². The first-order valence-electron chi connectivity index (χ1n) is 7.50. The van der Waals surface area contributed by atoms with Crippen LogP contribution >= 0.6 is 0 Å². The van der Waals surface area contributed by atoms with Gasteiger partial charge in [-0.25, -0.2) is 13.8 Å². The van der Waals surface area contributed by atoms with Crippen LogP contribution in [-0.2, 0) is 11.3 Å². The monoisotopic (exact) mass is 307 g/mol. The van der Waals surface area contributed by atoms with Gasteiger partial charge in [-0.2, -0.15) is 0 Å². The summed E-state index contributed by atoms with van der Waals surface area (Å²) in [5.74, 6) is -1.65. The lowest BCUT2D eigenvalue weighted by Crippen LogP contribution is -2.33. The predicted molar refractivity (Wildman–Crippen MR) is 78.3 cm³/mol. The zero-order chi connectivity index (χ0) is 15.4. The second-order valence-corrected chi connectivity index (χ2v) is 5.47. The Bertz CT molecular complexity index is 603. The van der Waals surface area contributed by atoms with E-state index in [1.807, 2.05) is 10.8 Å². The highest BCUT2D eigenvalue weighted by Gasteiger charge is 2.29. The summed E-state index contributed by atoms with van der Waals surface area (Å²) in [5.41, 5.74) is 0.684. The zero-order valence-electron chi connectivity index (χ0n) is 12.2. The number of imidazole rings is 1. The highest BCUT2D eigenvalue weighted by molar-refractivity contribution is 5.22. The van der Waals surface area contributed by atoms with Gasteiger partial charge in [-0.1, -0.05) is 6.07 Å². The maximum atomic E-state index is 13.4. The highest BCUT2D eigenvalue weighted by Crippen LogP contribution is 2.29. The van der Waals surface area contributed by atoms with Gasteiger partial charge in [-0.3, -0.25) is 0 Å². The normalized spacial score (nSPS) is 21.4. The van der Waals surface area contributed by atoms with Gasteiger partial charge in [-0.05, 0) is 37.1 Å². The summed E-state index contributed by atoms with van der Waals surface area (Å²) in [7, 11) is 0. The Labute approximate surface area is 128 Å². The SMILES string of the molecule is Fc1ccc(C2OCCC2NCCCn2ccnc2)cc1F. The summed E-state index contributed by atoms with van der Waals surface area (Å²) >= 11 is 0. The molecule has 4 nitrogen and oxygen atoms in total. The van der Waals surface area contributed by atoms with Gasteiger partial charge in [0.25, 0.3) is 0 Å². The van der Waals surface area contributed by atoms with E-state index in [-0.39, 0.29) is 12.1 Å². The molecule has 1 aliphatic rings. The van der Waals surface area contributed by atoms with Gasteiger partial charge in [0.1, 0.15) is 0 Å². The van der Waals surface area contributed by atoms with E-state index < -0.39 is 11.6 Å². The first-order chi connectivity index (χ1) is 10.7. The number of nitrogens with one attached hydrogen (secondary N) is 1. The molecule has 0 amide bonds. The minimum absolute atomic E-state index is 0.132. The fraction of sp³-hybridized carbons (Fsp3) is 0.438. The molecule has 1 fully saturated rings. The number of benzene rings is 1. The van der Waals surface area contributed by atoms with E-state index >= 15 is 0 Å². The lowest BCUT2D eigenvalue weighted by Gasteiger charge is -2.20. The summed E-state index contributed by atoms with van der Waals surface area (Å²) in [6.45, 7) is 2.37. The average molecular weight is 307 g/mol. The third-order valence-corrected chi connectivity index (χ3v) is 3.92. The molecule has 0 aliphatic carbocycles. The minimum atomic E-state index is -0.827.